The van der Waals surface area contributed by atoms with E-state index in [1.54, 1.807) is 24.3 Å². The molecule has 5 nitrogen and oxygen atoms in total. The Balaban J connectivity index is 1.85. The Kier molecular flexibility index (Phi) is 4.96. The highest BCUT2D eigenvalue weighted by Gasteiger charge is 2.26. The van der Waals surface area contributed by atoms with Crippen molar-refractivity contribution in [3.05, 3.63) is 34.9 Å². The van der Waals surface area contributed by atoms with E-state index in [9.17, 15) is 14.4 Å². The first-order chi connectivity index (χ1) is 9.97. The average molecular weight is 309 g/mol. The predicted molar refractivity (Wildman–Crippen MR) is 79.1 cm³/mol. The fourth-order valence-corrected chi connectivity index (χ4v) is 1.92. The largest absolute Gasteiger partial charge is 0.349 e. The SMILES string of the molecule is CC(NC(=O)c1ccc(Cl)cc1)C(=O)C(=O)NCC1CC1. The molecule has 2 amide bonds. The molecule has 0 spiro atoms. The molecule has 2 rings (SSSR count). The standard InChI is InChI=1S/C15H17ClN2O3/c1-9(13(19)15(21)17-8-10-2-3-10)18-14(20)11-4-6-12(16)7-5-11/h4-7,9-10H,2-3,8H2,1H3,(H,17,21)(H,18,20). The minimum atomic E-state index is -0.868. The second-order valence-electron chi connectivity index (χ2n) is 5.22. The molecule has 0 aliphatic heterocycles. The third-order valence-electron chi connectivity index (χ3n) is 3.32. The summed E-state index contributed by atoms with van der Waals surface area (Å²) < 4.78 is 0. The van der Waals surface area contributed by atoms with Crippen molar-refractivity contribution in [2.45, 2.75) is 25.8 Å². The summed E-state index contributed by atoms with van der Waals surface area (Å²) in [6, 6.07) is 5.42. The van der Waals surface area contributed by atoms with Crippen LogP contribution < -0.4 is 10.6 Å². The van der Waals surface area contributed by atoms with Gasteiger partial charge in [0.25, 0.3) is 11.8 Å². The van der Waals surface area contributed by atoms with Crippen LogP contribution in [-0.2, 0) is 9.59 Å². The van der Waals surface area contributed by atoms with E-state index in [1.165, 1.54) is 6.92 Å². The number of amides is 2. The molecule has 1 aromatic rings. The van der Waals surface area contributed by atoms with E-state index in [2.05, 4.69) is 10.6 Å². The van der Waals surface area contributed by atoms with Crippen LogP contribution in [0.2, 0.25) is 5.02 Å². The van der Waals surface area contributed by atoms with E-state index in [0.717, 1.165) is 12.8 Å². The highest BCUT2D eigenvalue weighted by atomic mass is 35.5. The lowest BCUT2D eigenvalue weighted by Gasteiger charge is -2.12. The van der Waals surface area contributed by atoms with Crippen LogP contribution in [0.5, 0.6) is 0 Å². The summed E-state index contributed by atoms with van der Waals surface area (Å²) in [5, 5.41) is 5.62. The minimum absolute atomic E-state index is 0.387. The van der Waals surface area contributed by atoms with Gasteiger partial charge in [-0.25, -0.2) is 0 Å². The van der Waals surface area contributed by atoms with Crippen molar-refractivity contribution >= 4 is 29.2 Å². The van der Waals surface area contributed by atoms with Gasteiger partial charge in [0.2, 0.25) is 5.78 Å². The van der Waals surface area contributed by atoms with Crippen LogP contribution in [0.1, 0.15) is 30.1 Å². The van der Waals surface area contributed by atoms with Crippen LogP contribution >= 0.6 is 11.6 Å². The van der Waals surface area contributed by atoms with Crippen LogP contribution in [0.4, 0.5) is 0 Å². The first-order valence-corrected chi connectivity index (χ1v) is 7.23. The van der Waals surface area contributed by atoms with E-state index in [0.29, 0.717) is 23.0 Å². The summed E-state index contributed by atoms with van der Waals surface area (Å²) >= 11 is 5.74. The molecule has 0 saturated heterocycles. The lowest BCUT2D eigenvalue weighted by atomic mass is 10.1. The monoisotopic (exact) mass is 308 g/mol. The summed E-state index contributed by atoms with van der Waals surface area (Å²) in [4.78, 5) is 35.4. The van der Waals surface area contributed by atoms with E-state index in [-0.39, 0.29) is 0 Å². The lowest BCUT2D eigenvalue weighted by molar-refractivity contribution is -0.138. The van der Waals surface area contributed by atoms with Crippen molar-refractivity contribution in [3.63, 3.8) is 0 Å². The number of halogens is 1. The summed E-state index contributed by atoms with van der Waals surface area (Å²) in [6.45, 7) is 2.02. The molecule has 1 atom stereocenters. The Morgan fingerprint density at radius 2 is 1.86 bits per heavy atom. The zero-order valence-corrected chi connectivity index (χ0v) is 12.4. The predicted octanol–water partition coefficient (Wildman–Crippen LogP) is 1.55. The van der Waals surface area contributed by atoms with Crippen LogP contribution in [0.25, 0.3) is 0 Å². The topological polar surface area (TPSA) is 75.3 Å². The quantitative estimate of drug-likeness (QED) is 0.783. The van der Waals surface area contributed by atoms with Gasteiger partial charge in [-0.2, -0.15) is 0 Å². The Morgan fingerprint density at radius 1 is 1.24 bits per heavy atom. The van der Waals surface area contributed by atoms with E-state index < -0.39 is 23.6 Å². The molecule has 2 N–H and O–H groups in total. The summed E-state index contributed by atoms with van der Waals surface area (Å²) in [5.41, 5.74) is 0.387. The van der Waals surface area contributed by atoms with Gasteiger partial charge in [-0.05, 0) is 49.9 Å². The Labute approximate surface area is 128 Å². The molecule has 1 unspecified atom stereocenters. The van der Waals surface area contributed by atoms with Gasteiger partial charge in [-0.15, -0.1) is 0 Å². The molecular formula is C15H17ClN2O3. The maximum Gasteiger partial charge on any atom is 0.289 e. The number of carbonyl (C=O) groups excluding carboxylic acids is 3. The fourth-order valence-electron chi connectivity index (χ4n) is 1.79. The molecule has 0 aromatic heterocycles. The number of benzene rings is 1. The third-order valence-corrected chi connectivity index (χ3v) is 3.57. The number of hydrogen-bond donors (Lipinski definition) is 2. The first-order valence-electron chi connectivity index (χ1n) is 6.86. The van der Waals surface area contributed by atoms with Crippen molar-refractivity contribution in [3.8, 4) is 0 Å². The van der Waals surface area contributed by atoms with Crippen LogP contribution in [0.3, 0.4) is 0 Å². The van der Waals surface area contributed by atoms with Gasteiger partial charge in [0.1, 0.15) is 0 Å². The van der Waals surface area contributed by atoms with E-state index in [4.69, 9.17) is 11.6 Å². The molecule has 21 heavy (non-hydrogen) atoms. The van der Waals surface area contributed by atoms with Gasteiger partial charge in [0.15, 0.2) is 0 Å². The van der Waals surface area contributed by atoms with Gasteiger partial charge < -0.3 is 10.6 Å². The lowest BCUT2D eigenvalue weighted by Crippen LogP contribution is -2.46. The van der Waals surface area contributed by atoms with Crippen LogP contribution in [0.15, 0.2) is 24.3 Å². The van der Waals surface area contributed by atoms with Crippen LogP contribution in [0, 0.1) is 5.92 Å². The van der Waals surface area contributed by atoms with Crippen molar-refractivity contribution in [1.82, 2.24) is 10.6 Å². The Morgan fingerprint density at radius 3 is 2.43 bits per heavy atom. The molecule has 6 heteroatoms. The number of ketones is 1. The van der Waals surface area contributed by atoms with E-state index in [1.807, 2.05) is 0 Å². The van der Waals surface area contributed by atoms with Crippen molar-refractivity contribution in [2.24, 2.45) is 5.92 Å². The van der Waals surface area contributed by atoms with Crippen molar-refractivity contribution in [2.75, 3.05) is 6.54 Å². The van der Waals surface area contributed by atoms with Gasteiger partial charge in [-0.1, -0.05) is 11.6 Å². The highest BCUT2D eigenvalue weighted by Crippen LogP contribution is 2.27. The molecule has 0 heterocycles. The molecule has 1 saturated carbocycles. The number of hydrogen-bond acceptors (Lipinski definition) is 3. The zero-order chi connectivity index (χ0) is 15.4. The Hall–Kier alpha value is -1.88. The number of Topliss-reactive ketones (excluding diaryl/α,β-unsaturated/α-hetero) is 1. The minimum Gasteiger partial charge on any atom is -0.349 e. The van der Waals surface area contributed by atoms with E-state index >= 15 is 0 Å². The first kappa shape index (κ1) is 15.5. The normalized spacial score (nSPS) is 15.1. The molecule has 0 radical (unpaired) electrons. The number of carbonyl (C=O) groups is 3. The summed E-state index contributed by atoms with van der Waals surface area (Å²) in [5.74, 6) is -1.20. The molecule has 1 fully saturated rings. The summed E-state index contributed by atoms with van der Waals surface area (Å²) in [7, 11) is 0. The number of nitrogens with one attached hydrogen (secondary N) is 2. The second-order valence-corrected chi connectivity index (χ2v) is 5.66. The third kappa shape index (κ3) is 4.56. The molecule has 1 aliphatic rings. The molecule has 112 valence electrons. The van der Waals surface area contributed by atoms with Gasteiger partial charge in [0.05, 0.1) is 6.04 Å². The zero-order valence-electron chi connectivity index (χ0n) is 11.7. The highest BCUT2D eigenvalue weighted by molar-refractivity contribution is 6.38. The average Bonchev–Trinajstić information content (AvgIpc) is 3.28. The van der Waals surface area contributed by atoms with Gasteiger partial charge in [0, 0.05) is 17.1 Å². The fraction of sp³-hybridized carbons (Fsp3) is 0.400. The molecule has 0 bridgehead atoms. The van der Waals surface area contributed by atoms with Crippen molar-refractivity contribution < 1.29 is 14.4 Å². The molecule has 1 aromatic carbocycles. The maximum atomic E-state index is 11.9. The van der Waals surface area contributed by atoms with Crippen LogP contribution in [-0.4, -0.2) is 30.2 Å². The number of rotatable bonds is 6. The molecule has 1 aliphatic carbocycles. The maximum absolute atomic E-state index is 11.9. The van der Waals surface area contributed by atoms with Crippen molar-refractivity contribution in [1.29, 1.82) is 0 Å². The molecular weight excluding hydrogens is 292 g/mol. The summed E-state index contributed by atoms with van der Waals surface area (Å²) in [6.07, 6.45) is 2.19. The van der Waals surface area contributed by atoms with Gasteiger partial charge >= 0.3 is 0 Å². The smallest absolute Gasteiger partial charge is 0.289 e. The van der Waals surface area contributed by atoms with Gasteiger partial charge in [-0.3, -0.25) is 14.4 Å². The Bertz CT molecular complexity index is 553. The second kappa shape index (κ2) is 6.72.